The summed E-state index contributed by atoms with van der Waals surface area (Å²) in [5.74, 6) is 0.539. The summed E-state index contributed by atoms with van der Waals surface area (Å²) < 4.78 is 16.1. The minimum absolute atomic E-state index is 0.0728. The molecule has 1 saturated heterocycles. The van der Waals surface area contributed by atoms with Gasteiger partial charge in [0, 0.05) is 31.4 Å². The molecule has 0 radical (unpaired) electrons. The molecule has 0 saturated carbocycles. The third-order valence-electron chi connectivity index (χ3n) is 5.02. The molecule has 1 N–H and O–H groups in total. The highest BCUT2D eigenvalue weighted by atomic mass is 16.5. The second kappa shape index (κ2) is 9.57. The van der Waals surface area contributed by atoms with Crippen molar-refractivity contribution in [1.82, 2.24) is 5.32 Å². The third-order valence-corrected chi connectivity index (χ3v) is 5.02. The van der Waals surface area contributed by atoms with Gasteiger partial charge >= 0.3 is 5.97 Å². The van der Waals surface area contributed by atoms with E-state index in [1.165, 1.54) is 12.7 Å². The molecule has 0 bridgehead atoms. The molecule has 28 heavy (non-hydrogen) atoms. The van der Waals surface area contributed by atoms with Crippen LogP contribution in [0.2, 0.25) is 0 Å². The molecule has 6 nitrogen and oxygen atoms in total. The van der Waals surface area contributed by atoms with Crippen LogP contribution in [0.1, 0.15) is 28.9 Å². The minimum atomic E-state index is -0.319. The van der Waals surface area contributed by atoms with Gasteiger partial charge in [0.25, 0.3) is 0 Å². The number of nitrogens with one attached hydrogen (secondary N) is 1. The van der Waals surface area contributed by atoms with Crippen LogP contribution in [-0.4, -0.2) is 52.5 Å². The van der Waals surface area contributed by atoms with Gasteiger partial charge in [-0.2, -0.15) is 0 Å². The number of morpholine rings is 1. The Balaban J connectivity index is 1.58. The van der Waals surface area contributed by atoms with Crippen LogP contribution < -0.4 is 15.0 Å². The van der Waals surface area contributed by atoms with Crippen LogP contribution in [0.5, 0.6) is 5.75 Å². The first-order valence-electron chi connectivity index (χ1n) is 9.53. The summed E-state index contributed by atoms with van der Waals surface area (Å²) in [7, 11) is 3.08. The van der Waals surface area contributed by atoms with Gasteiger partial charge in [-0.25, -0.2) is 4.79 Å². The number of hydrogen-bond donors (Lipinski definition) is 1. The standard InChI is InChI=1S/C22H28N2O4/c1-16(17-6-5-9-20(13-17)26-2)23-14-21-15-24(10-11-28-21)19-8-4-7-18(12-19)22(25)27-3/h4-9,12-13,16,21,23H,10-11,14-15H2,1-3H3. The minimum Gasteiger partial charge on any atom is -0.497 e. The average Bonchev–Trinajstić information content (AvgIpc) is 2.77. The summed E-state index contributed by atoms with van der Waals surface area (Å²) in [5.41, 5.74) is 2.75. The van der Waals surface area contributed by atoms with Gasteiger partial charge in [-0.1, -0.05) is 18.2 Å². The van der Waals surface area contributed by atoms with E-state index >= 15 is 0 Å². The van der Waals surface area contributed by atoms with Crippen molar-refractivity contribution in [2.75, 3.05) is 45.4 Å². The maximum atomic E-state index is 11.8. The van der Waals surface area contributed by atoms with Crippen molar-refractivity contribution < 1.29 is 19.0 Å². The van der Waals surface area contributed by atoms with Crippen molar-refractivity contribution in [3.05, 3.63) is 59.7 Å². The van der Waals surface area contributed by atoms with Crippen LogP contribution in [0.25, 0.3) is 0 Å². The van der Waals surface area contributed by atoms with E-state index in [9.17, 15) is 4.79 Å². The number of anilines is 1. The van der Waals surface area contributed by atoms with Gasteiger partial charge in [0.05, 0.1) is 32.5 Å². The zero-order valence-corrected chi connectivity index (χ0v) is 16.7. The zero-order chi connectivity index (χ0) is 19.9. The fraction of sp³-hybridized carbons (Fsp3) is 0.409. The second-order valence-electron chi connectivity index (χ2n) is 6.89. The molecule has 3 rings (SSSR count). The Morgan fingerprint density at radius 1 is 1.25 bits per heavy atom. The predicted octanol–water partition coefficient (Wildman–Crippen LogP) is 3.04. The first-order valence-corrected chi connectivity index (χ1v) is 9.53. The molecule has 2 unspecified atom stereocenters. The van der Waals surface area contributed by atoms with Gasteiger partial charge in [0.1, 0.15) is 5.75 Å². The van der Waals surface area contributed by atoms with Crippen LogP contribution in [0, 0.1) is 0 Å². The average molecular weight is 384 g/mol. The number of ether oxygens (including phenoxy) is 3. The third kappa shape index (κ3) is 5.03. The Bertz CT molecular complexity index is 796. The zero-order valence-electron chi connectivity index (χ0n) is 16.7. The van der Waals surface area contributed by atoms with E-state index in [0.717, 1.165) is 31.1 Å². The molecule has 1 aliphatic heterocycles. The number of methoxy groups -OCH3 is 2. The van der Waals surface area contributed by atoms with Crippen LogP contribution in [0.15, 0.2) is 48.5 Å². The quantitative estimate of drug-likeness (QED) is 0.741. The molecular formula is C22H28N2O4. The van der Waals surface area contributed by atoms with Crippen molar-refractivity contribution in [1.29, 1.82) is 0 Å². The molecule has 2 aromatic rings. The normalized spacial score (nSPS) is 17.8. The lowest BCUT2D eigenvalue weighted by Gasteiger charge is -2.35. The first-order chi connectivity index (χ1) is 13.6. The molecule has 1 aliphatic rings. The van der Waals surface area contributed by atoms with E-state index in [0.29, 0.717) is 12.2 Å². The van der Waals surface area contributed by atoms with Crippen LogP contribution in [0.3, 0.4) is 0 Å². The molecular weight excluding hydrogens is 356 g/mol. The Morgan fingerprint density at radius 3 is 2.86 bits per heavy atom. The van der Waals surface area contributed by atoms with Crippen molar-refractivity contribution in [3.8, 4) is 5.75 Å². The number of nitrogens with zero attached hydrogens (tertiary/aromatic N) is 1. The maximum Gasteiger partial charge on any atom is 0.337 e. The van der Waals surface area contributed by atoms with E-state index in [4.69, 9.17) is 14.2 Å². The molecule has 1 fully saturated rings. The molecule has 0 amide bonds. The SMILES string of the molecule is COC(=O)c1cccc(N2CCOC(CNC(C)c3cccc(OC)c3)C2)c1. The van der Waals surface area contributed by atoms with E-state index in [-0.39, 0.29) is 18.1 Å². The lowest BCUT2D eigenvalue weighted by Crippen LogP contribution is -2.47. The summed E-state index contributed by atoms with van der Waals surface area (Å²) in [6, 6.07) is 15.8. The number of carbonyl (C=O) groups is 1. The van der Waals surface area contributed by atoms with E-state index in [2.05, 4.69) is 23.2 Å². The summed E-state index contributed by atoms with van der Waals surface area (Å²) in [6.45, 7) is 5.10. The van der Waals surface area contributed by atoms with Crippen molar-refractivity contribution in [2.24, 2.45) is 0 Å². The number of benzene rings is 2. The molecule has 0 spiro atoms. The van der Waals surface area contributed by atoms with Crippen molar-refractivity contribution in [2.45, 2.75) is 19.1 Å². The van der Waals surface area contributed by atoms with E-state index in [1.807, 2.05) is 36.4 Å². The number of esters is 1. The predicted molar refractivity (Wildman–Crippen MR) is 109 cm³/mol. The first kappa shape index (κ1) is 20.2. The largest absolute Gasteiger partial charge is 0.497 e. The Kier molecular flexibility index (Phi) is 6.90. The Labute approximate surface area is 166 Å². The number of carbonyl (C=O) groups excluding carboxylic acids is 1. The second-order valence-corrected chi connectivity index (χ2v) is 6.89. The van der Waals surface area contributed by atoms with Gasteiger partial charge in [0.15, 0.2) is 0 Å². The van der Waals surface area contributed by atoms with Crippen LogP contribution in [0.4, 0.5) is 5.69 Å². The monoisotopic (exact) mass is 384 g/mol. The van der Waals surface area contributed by atoms with Gasteiger partial charge in [-0.3, -0.25) is 0 Å². The Hall–Kier alpha value is -2.57. The van der Waals surface area contributed by atoms with E-state index < -0.39 is 0 Å². The molecule has 0 aromatic heterocycles. The summed E-state index contributed by atoms with van der Waals surface area (Å²) >= 11 is 0. The van der Waals surface area contributed by atoms with Crippen LogP contribution in [-0.2, 0) is 9.47 Å². The van der Waals surface area contributed by atoms with Gasteiger partial charge in [-0.05, 0) is 42.8 Å². The summed E-state index contributed by atoms with van der Waals surface area (Å²) in [6.07, 6.45) is 0.0728. The highest BCUT2D eigenvalue weighted by Crippen LogP contribution is 2.21. The molecule has 6 heteroatoms. The van der Waals surface area contributed by atoms with Crippen molar-refractivity contribution in [3.63, 3.8) is 0 Å². The maximum absolute atomic E-state index is 11.8. The highest BCUT2D eigenvalue weighted by molar-refractivity contribution is 5.90. The molecule has 0 aliphatic carbocycles. The molecule has 2 atom stereocenters. The number of rotatable bonds is 7. The van der Waals surface area contributed by atoms with Gasteiger partial charge < -0.3 is 24.4 Å². The summed E-state index contributed by atoms with van der Waals surface area (Å²) in [5, 5.41) is 3.55. The number of hydrogen-bond acceptors (Lipinski definition) is 6. The molecule has 1 heterocycles. The highest BCUT2D eigenvalue weighted by Gasteiger charge is 2.22. The van der Waals surface area contributed by atoms with Gasteiger partial charge in [0.2, 0.25) is 0 Å². The fourth-order valence-corrected chi connectivity index (χ4v) is 3.36. The molecule has 2 aromatic carbocycles. The lowest BCUT2D eigenvalue weighted by molar-refractivity contribution is 0.0394. The van der Waals surface area contributed by atoms with Crippen molar-refractivity contribution >= 4 is 11.7 Å². The van der Waals surface area contributed by atoms with Gasteiger partial charge in [-0.15, -0.1) is 0 Å². The lowest BCUT2D eigenvalue weighted by atomic mass is 10.1. The fourth-order valence-electron chi connectivity index (χ4n) is 3.36. The smallest absolute Gasteiger partial charge is 0.337 e. The molecule has 150 valence electrons. The van der Waals surface area contributed by atoms with E-state index in [1.54, 1.807) is 13.2 Å². The van der Waals surface area contributed by atoms with Crippen LogP contribution >= 0.6 is 0 Å². The Morgan fingerprint density at radius 2 is 2.07 bits per heavy atom. The topological polar surface area (TPSA) is 60.0 Å². The summed E-state index contributed by atoms with van der Waals surface area (Å²) in [4.78, 5) is 14.0.